The third kappa shape index (κ3) is 33.7. The van der Waals surface area contributed by atoms with E-state index in [1.165, 1.54) is 4.90 Å². The van der Waals surface area contributed by atoms with Crippen molar-refractivity contribution in [2.75, 3.05) is 52.7 Å². The van der Waals surface area contributed by atoms with E-state index in [0.717, 1.165) is 77.0 Å². The summed E-state index contributed by atoms with van der Waals surface area (Å²) in [5.41, 5.74) is -4.15. The molecule has 0 unspecified atom stereocenters. The summed E-state index contributed by atoms with van der Waals surface area (Å²) in [5.74, 6) is -2.98. The number of rotatable bonds is 38. The molecule has 15 nitrogen and oxygen atoms in total. The normalized spacial score (nSPS) is 12.7. The average Bonchev–Trinajstić information content (AvgIpc) is 3.26. The molecule has 0 N–H and O–H groups in total. The van der Waals surface area contributed by atoms with Gasteiger partial charge in [0.05, 0.1) is 49.4 Å². The molecule has 0 spiro atoms. The minimum Gasteiger partial charge on any atom is -0.465 e. The van der Waals surface area contributed by atoms with E-state index in [1.807, 2.05) is 55.4 Å². The van der Waals surface area contributed by atoms with Gasteiger partial charge in [-0.15, -0.1) is 0 Å². The summed E-state index contributed by atoms with van der Waals surface area (Å²) in [6.45, 7) is 31.5. The molecular weight excluding hydrogens is 923 g/mol. The van der Waals surface area contributed by atoms with E-state index in [4.69, 9.17) is 33.2 Å². The van der Waals surface area contributed by atoms with Gasteiger partial charge in [0.2, 0.25) is 0 Å². The number of carbonyl (C=O) groups is 7. The van der Waals surface area contributed by atoms with Crippen molar-refractivity contribution in [3.8, 4) is 0 Å². The Morgan fingerprint density at radius 2 is 0.569 bits per heavy atom. The van der Waals surface area contributed by atoms with Crippen LogP contribution in [0.25, 0.3) is 0 Å². The molecule has 15 heteroatoms. The van der Waals surface area contributed by atoms with Crippen LogP contribution in [-0.2, 0) is 61.9 Å². The maximum atomic E-state index is 13.4. The third-order valence-electron chi connectivity index (χ3n) is 12.6. The Hall–Kier alpha value is -3.91. The molecule has 0 aliphatic heterocycles. The lowest BCUT2D eigenvalue weighted by Gasteiger charge is -2.31. The van der Waals surface area contributed by atoms with Gasteiger partial charge in [0.25, 0.3) is 0 Å². The van der Waals surface area contributed by atoms with Crippen LogP contribution in [0, 0.1) is 32.5 Å². The highest BCUT2D eigenvalue weighted by atomic mass is 16.6. The second-order valence-corrected chi connectivity index (χ2v) is 25.3. The summed E-state index contributed by atoms with van der Waals surface area (Å²) in [5, 5.41) is 0. The molecule has 1 amide bonds. The summed E-state index contributed by atoms with van der Waals surface area (Å²) >= 11 is 0. The lowest BCUT2D eigenvalue weighted by atomic mass is 9.84. The second-order valence-electron chi connectivity index (χ2n) is 25.3. The molecule has 0 aliphatic carbocycles. The lowest BCUT2D eigenvalue weighted by molar-refractivity contribution is -0.164. The Kier molecular flexibility index (Phi) is 30.6. The lowest BCUT2D eigenvalue weighted by Crippen LogP contribution is -2.41. The van der Waals surface area contributed by atoms with Gasteiger partial charge in [-0.05, 0) is 82.0 Å². The number of hydrogen-bond donors (Lipinski definition) is 0. The topological polar surface area (TPSA) is 187 Å². The molecule has 0 saturated carbocycles. The van der Waals surface area contributed by atoms with Crippen molar-refractivity contribution in [2.24, 2.45) is 32.5 Å². The van der Waals surface area contributed by atoms with Crippen molar-refractivity contribution < 1.29 is 66.7 Å². The maximum Gasteiger partial charge on any atom is 0.410 e. The number of ether oxygens (including phenoxy) is 7. The fraction of sp³-hybridized carbons (Fsp3) is 0.877. The first-order valence-corrected chi connectivity index (χ1v) is 27.0. The Morgan fingerprint density at radius 3 is 0.778 bits per heavy atom. The van der Waals surface area contributed by atoms with E-state index in [2.05, 4.69) is 27.7 Å². The van der Waals surface area contributed by atoms with Crippen molar-refractivity contribution in [3.05, 3.63) is 0 Å². The van der Waals surface area contributed by atoms with Gasteiger partial charge in [0.15, 0.2) is 0 Å². The number of amides is 1. The predicted octanol–water partition coefficient (Wildman–Crippen LogP) is 12.7. The Bertz CT molecular complexity index is 1480. The molecule has 72 heavy (non-hydrogen) atoms. The van der Waals surface area contributed by atoms with E-state index in [-0.39, 0.29) is 113 Å². The number of nitrogens with zero attached hydrogens (tertiary/aromatic N) is 1. The van der Waals surface area contributed by atoms with Gasteiger partial charge in [0, 0.05) is 13.1 Å². The number of esters is 6. The van der Waals surface area contributed by atoms with Crippen LogP contribution in [-0.4, -0.2) is 105 Å². The van der Waals surface area contributed by atoms with E-state index in [0.29, 0.717) is 0 Å². The summed E-state index contributed by atoms with van der Waals surface area (Å²) in [4.78, 5) is 93.7. The quantitative estimate of drug-likeness (QED) is 0.0420. The van der Waals surface area contributed by atoms with Gasteiger partial charge in [-0.25, -0.2) is 4.79 Å². The summed E-state index contributed by atoms with van der Waals surface area (Å²) in [7, 11) is 0. The van der Waals surface area contributed by atoms with Crippen LogP contribution < -0.4 is 0 Å². The van der Waals surface area contributed by atoms with Crippen LogP contribution in [0.4, 0.5) is 4.79 Å². The number of carbonyl (C=O) groups excluding carboxylic acids is 7. The van der Waals surface area contributed by atoms with Crippen molar-refractivity contribution >= 4 is 41.9 Å². The summed E-state index contributed by atoms with van der Waals surface area (Å²) in [6.07, 6.45) is 10.8. The fourth-order valence-electron chi connectivity index (χ4n) is 7.74. The minimum absolute atomic E-state index is 0.167. The molecule has 0 aromatic carbocycles. The van der Waals surface area contributed by atoms with Crippen LogP contribution in [0.2, 0.25) is 0 Å². The molecule has 0 saturated heterocycles. The van der Waals surface area contributed by atoms with Crippen molar-refractivity contribution in [1.82, 2.24) is 4.90 Å². The van der Waals surface area contributed by atoms with Gasteiger partial charge in [0.1, 0.15) is 45.2 Å². The standard InChI is InChI=1S/C57H103NO14/c1-18-22-28-52(8,9)34-46(61)68-40-56(16,41-69-47(62)35-53(10,11)29-23-19-2)38-66-44(59)26-32-58(50(65)72-51(5,6)7)33-27-45(60)67-39-57(17,42-70-48(63)36-54(12,13)30-24-20-3)43-71-49(64)37-55(14,15)31-25-21-4/h18-43H2,1-17H3. The number of hydrogen-bond acceptors (Lipinski definition) is 14. The highest BCUT2D eigenvalue weighted by Crippen LogP contribution is 2.33. The molecule has 0 aromatic rings. The van der Waals surface area contributed by atoms with Crippen LogP contribution in [0.1, 0.15) is 233 Å². The average molecular weight is 1030 g/mol. The molecule has 0 rings (SSSR count). The van der Waals surface area contributed by atoms with Crippen LogP contribution in [0.5, 0.6) is 0 Å². The van der Waals surface area contributed by atoms with Crippen molar-refractivity contribution in [1.29, 1.82) is 0 Å². The summed E-state index contributed by atoms with van der Waals surface area (Å²) < 4.78 is 40.0. The van der Waals surface area contributed by atoms with Gasteiger partial charge in [-0.1, -0.05) is 134 Å². The minimum atomic E-state index is -1.09. The highest BCUT2D eigenvalue weighted by Gasteiger charge is 2.36. The van der Waals surface area contributed by atoms with Gasteiger partial charge >= 0.3 is 41.9 Å². The van der Waals surface area contributed by atoms with Crippen LogP contribution in [0.15, 0.2) is 0 Å². The Balaban J connectivity index is 6.08. The molecule has 0 bridgehead atoms. The first-order chi connectivity index (χ1) is 33.1. The van der Waals surface area contributed by atoms with E-state index < -0.39 is 58.3 Å². The maximum absolute atomic E-state index is 13.4. The first kappa shape index (κ1) is 68.1. The first-order valence-electron chi connectivity index (χ1n) is 27.0. The van der Waals surface area contributed by atoms with Crippen LogP contribution in [0.3, 0.4) is 0 Å². The molecule has 0 atom stereocenters. The largest absolute Gasteiger partial charge is 0.465 e. The zero-order valence-corrected chi connectivity index (χ0v) is 48.5. The predicted molar refractivity (Wildman–Crippen MR) is 281 cm³/mol. The fourth-order valence-corrected chi connectivity index (χ4v) is 7.74. The molecule has 0 radical (unpaired) electrons. The van der Waals surface area contributed by atoms with Gasteiger partial charge in [-0.3, -0.25) is 28.8 Å². The van der Waals surface area contributed by atoms with Crippen molar-refractivity contribution in [3.63, 3.8) is 0 Å². The molecular formula is C57H103NO14. The Morgan fingerprint density at radius 1 is 0.347 bits per heavy atom. The monoisotopic (exact) mass is 1030 g/mol. The molecule has 0 fully saturated rings. The van der Waals surface area contributed by atoms with Gasteiger partial charge in [-0.2, -0.15) is 0 Å². The van der Waals surface area contributed by atoms with E-state index in [1.54, 1.807) is 34.6 Å². The Labute approximate surface area is 436 Å². The molecule has 0 aliphatic rings. The van der Waals surface area contributed by atoms with E-state index >= 15 is 0 Å². The second kappa shape index (κ2) is 32.4. The third-order valence-corrected chi connectivity index (χ3v) is 12.6. The zero-order chi connectivity index (χ0) is 55.5. The molecule has 0 heterocycles. The highest BCUT2D eigenvalue weighted by molar-refractivity contribution is 5.74. The molecule has 420 valence electrons. The molecule has 0 aromatic heterocycles. The van der Waals surface area contributed by atoms with E-state index in [9.17, 15) is 33.6 Å². The van der Waals surface area contributed by atoms with Gasteiger partial charge < -0.3 is 38.1 Å². The SMILES string of the molecule is CCCCC(C)(C)CC(=O)OCC(C)(COC(=O)CCN(CCC(=O)OCC(C)(COC(=O)CC(C)(C)CCCC)COC(=O)CC(C)(C)CCCC)C(=O)OC(C)(C)C)COC(=O)CC(C)(C)CCCC. The van der Waals surface area contributed by atoms with Crippen LogP contribution >= 0.6 is 0 Å². The smallest absolute Gasteiger partial charge is 0.410 e. The summed E-state index contributed by atoms with van der Waals surface area (Å²) in [6, 6.07) is 0. The zero-order valence-electron chi connectivity index (χ0n) is 48.5. The van der Waals surface area contributed by atoms with Crippen molar-refractivity contribution in [2.45, 2.75) is 239 Å². The number of unbranched alkanes of at least 4 members (excludes halogenated alkanes) is 4.